The molecule has 0 spiro atoms. The Balaban J connectivity index is 1.33. The maximum absolute atomic E-state index is 14.8. The summed E-state index contributed by atoms with van der Waals surface area (Å²) < 4.78 is 21.1. The van der Waals surface area contributed by atoms with E-state index >= 15 is 0 Å². The van der Waals surface area contributed by atoms with Gasteiger partial charge in [0.05, 0.1) is 42.1 Å². The molecule has 2 fully saturated rings. The number of piperazine rings is 1. The molecule has 4 aliphatic rings. The smallest absolute Gasteiger partial charge is 0.318 e. The normalized spacial score (nSPS) is 22.2. The molecular formula is C32H41FN8O2. The summed E-state index contributed by atoms with van der Waals surface area (Å²) in [5, 5.41) is 9.52. The Morgan fingerprint density at radius 3 is 2.74 bits per heavy atom. The van der Waals surface area contributed by atoms with Gasteiger partial charge < -0.3 is 29.2 Å². The van der Waals surface area contributed by atoms with Gasteiger partial charge in [-0.2, -0.15) is 15.2 Å². The topological polar surface area (TPSA) is 92.1 Å². The highest BCUT2D eigenvalue weighted by Crippen LogP contribution is 2.40. The molecule has 1 amide bonds. The van der Waals surface area contributed by atoms with Crippen molar-refractivity contribution in [2.24, 2.45) is 0 Å². The first kappa shape index (κ1) is 29.2. The minimum atomic E-state index is -0.263. The molecule has 10 nitrogen and oxygen atoms in total. The number of carbonyl (C=O) groups excluding carboxylic acids is 1. The number of anilines is 3. The number of carbonyl (C=O) groups is 1. The van der Waals surface area contributed by atoms with Crippen LogP contribution in [0.2, 0.25) is 0 Å². The number of aryl methyl sites for hydroxylation is 1. The van der Waals surface area contributed by atoms with Crippen LogP contribution in [0.25, 0.3) is 0 Å². The molecule has 0 radical (unpaired) electrons. The predicted molar refractivity (Wildman–Crippen MR) is 164 cm³/mol. The average Bonchev–Trinajstić information content (AvgIpc) is 3.43. The number of fused-ring (bicyclic) bond motifs is 2. The summed E-state index contributed by atoms with van der Waals surface area (Å²) in [6, 6.07) is 5.98. The Morgan fingerprint density at radius 2 is 1.98 bits per heavy atom. The molecule has 1 aromatic carbocycles. The van der Waals surface area contributed by atoms with Gasteiger partial charge in [0.1, 0.15) is 18.2 Å². The van der Waals surface area contributed by atoms with Crippen molar-refractivity contribution >= 4 is 23.1 Å². The average molecular weight is 589 g/mol. The van der Waals surface area contributed by atoms with Crippen LogP contribution in [0.15, 0.2) is 24.8 Å². The van der Waals surface area contributed by atoms with Crippen molar-refractivity contribution in [3.8, 4) is 12.1 Å². The summed E-state index contributed by atoms with van der Waals surface area (Å²) in [5.41, 5.74) is 5.00. The number of halogens is 1. The lowest BCUT2D eigenvalue weighted by atomic mass is 9.98. The summed E-state index contributed by atoms with van der Waals surface area (Å²) in [4.78, 5) is 33.1. The van der Waals surface area contributed by atoms with Gasteiger partial charge in [0, 0.05) is 51.4 Å². The third kappa shape index (κ3) is 5.85. The Kier molecular flexibility index (Phi) is 8.39. The minimum absolute atomic E-state index is 0.159. The third-order valence-corrected chi connectivity index (χ3v) is 9.46. The molecular weight excluding hydrogens is 547 g/mol. The van der Waals surface area contributed by atoms with Crippen molar-refractivity contribution in [1.82, 2.24) is 19.8 Å². The van der Waals surface area contributed by atoms with Gasteiger partial charge in [-0.15, -0.1) is 0 Å². The molecule has 2 aromatic rings. The van der Waals surface area contributed by atoms with Crippen molar-refractivity contribution in [3.63, 3.8) is 0 Å². The van der Waals surface area contributed by atoms with Crippen LogP contribution in [0.4, 0.5) is 21.6 Å². The third-order valence-electron chi connectivity index (χ3n) is 9.46. The number of nitrogens with zero attached hydrogens (tertiary/aromatic N) is 8. The first-order valence-corrected chi connectivity index (χ1v) is 15.4. The number of benzene rings is 1. The van der Waals surface area contributed by atoms with Crippen LogP contribution in [0.3, 0.4) is 0 Å². The molecule has 11 heteroatoms. The maximum atomic E-state index is 14.8. The van der Waals surface area contributed by atoms with E-state index in [9.17, 15) is 14.4 Å². The van der Waals surface area contributed by atoms with Gasteiger partial charge in [0.25, 0.3) is 0 Å². The first-order chi connectivity index (χ1) is 20.9. The molecule has 0 saturated carbocycles. The zero-order chi connectivity index (χ0) is 30.1. The van der Waals surface area contributed by atoms with Crippen molar-refractivity contribution in [3.05, 3.63) is 47.4 Å². The fourth-order valence-electron chi connectivity index (χ4n) is 7.15. The number of likely N-dealkylation sites (tertiary alicyclic amines) is 1. The summed E-state index contributed by atoms with van der Waals surface area (Å²) in [6.07, 6.45) is 6.36. The highest BCUT2D eigenvalue weighted by Gasteiger charge is 2.34. The number of nitriles is 1. The number of amides is 1. The van der Waals surface area contributed by atoms with Gasteiger partial charge in [0.15, 0.2) is 0 Å². The summed E-state index contributed by atoms with van der Waals surface area (Å²) in [7, 11) is 4.20. The number of rotatable bonds is 7. The molecule has 2 saturated heterocycles. The lowest BCUT2D eigenvalue weighted by molar-refractivity contribution is -0.128. The molecule has 2 atom stereocenters. The molecule has 0 unspecified atom stereocenters. The van der Waals surface area contributed by atoms with Crippen LogP contribution in [0.5, 0.6) is 6.01 Å². The van der Waals surface area contributed by atoms with Crippen molar-refractivity contribution in [2.75, 3.05) is 74.7 Å². The van der Waals surface area contributed by atoms with E-state index in [1.54, 1.807) is 17.0 Å². The molecule has 6 rings (SSSR count). The maximum Gasteiger partial charge on any atom is 0.318 e. The number of ether oxygens (including phenoxy) is 1. The molecule has 5 heterocycles. The van der Waals surface area contributed by atoms with E-state index in [2.05, 4.69) is 46.3 Å². The minimum Gasteiger partial charge on any atom is -0.462 e. The number of hydrogen-bond acceptors (Lipinski definition) is 9. The van der Waals surface area contributed by atoms with Crippen LogP contribution in [0.1, 0.15) is 42.5 Å². The Labute approximate surface area is 253 Å². The molecule has 1 aromatic heterocycles. The highest BCUT2D eigenvalue weighted by atomic mass is 19.1. The van der Waals surface area contributed by atoms with Crippen LogP contribution in [-0.2, 0) is 24.2 Å². The molecule has 0 bridgehead atoms. The van der Waals surface area contributed by atoms with E-state index in [0.29, 0.717) is 57.8 Å². The predicted octanol–water partition coefficient (Wildman–Crippen LogP) is 3.15. The molecule has 228 valence electrons. The largest absolute Gasteiger partial charge is 0.462 e. The fourth-order valence-corrected chi connectivity index (χ4v) is 7.15. The monoisotopic (exact) mass is 588 g/mol. The first-order valence-electron chi connectivity index (χ1n) is 15.4. The van der Waals surface area contributed by atoms with E-state index < -0.39 is 0 Å². The van der Waals surface area contributed by atoms with Crippen molar-refractivity contribution < 1.29 is 13.9 Å². The number of likely N-dealkylation sites (N-methyl/N-ethyl adjacent to an activating group) is 1. The highest BCUT2D eigenvalue weighted by molar-refractivity contribution is 5.87. The zero-order valence-electron chi connectivity index (χ0n) is 25.3. The zero-order valence-corrected chi connectivity index (χ0v) is 25.3. The van der Waals surface area contributed by atoms with E-state index in [-0.39, 0.29) is 24.2 Å². The summed E-state index contributed by atoms with van der Waals surface area (Å²) >= 11 is 0. The Bertz CT molecular complexity index is 1430. The molecule has 0 aliphatic carbocycles. The lowest BCUT2D eigenvalue weighted by Crippen LogP contribution is -2.55. The summed E-state index contributed by atoms with van der Waals surface area (Å²) in [6.45, 7) is 8.94. The van der Waals surface area contributed by atoms with E-state index in [1.807, 2.05) is 0 Å². The number of hydrogen-bond donors (Lipinski definition) is 0. The van der Waals surface area contributed by atoms with Crippen molar-refractivity contribution in [1.29, 1.82) is 5.26 Å². The molecule has 0 N–H and O–H groups in total. The quantitative estimate of drug-likeness (QED) is 0.453. The summed E-state index contributed by atoms with van der Waals surface area (Å²) in [5.74, 6) is 0.443. The molecule has 43 heavy (non-hydrogen) atoms. The van der Waals surface area contributed by atoms with E-state index in [4.69, 9.17) is 14.7 Å². The number of aromatic nitrogens is 2. The van der Waals surface area contributed by atoms with Crippen LogP contribution < -0.4 is 19.4 Å². The Hall–Kier alpha value is -3.91. The second-order valence-electron chi connectivity index (χ2n) is 12.2. The second kappa shape index (κ2) is 12.4. The SMILES string of the molecule is C=CC(=O)N1CCN(c2nc(OC[C@@H]3CCCN3C)nc3c2CCN(c2cc(F)cc4c2N(C)CCC4)C3)C[C@@H]1CC#N. The second-order valence-corrected chi connectivity index (χ2v) is 12.2. The van der Waals surface area contributed by atoms with Crippen LogP contribution in [0, 0.1) is 17.1 Å². The Morgan fingerprint density at radius 1 is 1.12 bits per heavy atom. The van der Waals surface area contributed by atoms with Crippen LogP contribution >= 0.6 is 0 Å². The van der Waals surface area contributed by atoms with Gasteiger partial charge in [-0.3, -0.25) is 4.79 Å². The van der Waals surface area contributed by atoms with Crippen molar-refractivity contribution in [2.45, 2.75) is 57.2 Å². The van der Waals surface area contributed by atoms with Gasteiger partial charge in [-0.05, 0) is 69.5 Å². The van der Waals surface area contributed by atoms with Gasteiger partial charge in [-0.25, -0.2) is 4.39 Å². The van der Waals surface area contributed by atoms with Gasteiger partial charge >= 0.3 is 6.01 Å². The van der Waals surface area contributed by atoms with Gasteiger partial charge in [-0.1, -0.05) is 6.58 Å². The lowest BCUT2D eigenvalue weighted by Gasteiger charge is -2.42. The van der Waals surface area contributed by atoms with E-state index in [0.717, 1.165) is 72.8 Å². The van der Waals surface area contributed by atoms with Crippen LogP contribution in [-0.4, -0.2) is 97.7 Å². The standard InChI is InChI=1S/C32H41FN8O2/c1-4-29(42)41-16-15-40(19-24(41)9-11-34)31-26-10-14-39(28-18-23(33)17-22-7-5-13-38(3)30(22)28)20-27(26)35-32(36-31)43-21-25-8-6-12-37(25)2/h4,17-18,24-25H,1,5-10,12-16,19-21H2,2-3H3/t24-,25-/m0/s1. The fraction of sp³-hybridized carbons (Fsp3) is 0.562. The molecule has 4 aliphatic heterocycles. The van der Waals surface area contributed by atoms with Gasteiger partial charge in [0.2, 0.25) is 5.91 Å². The van der Waals surface area contributed by atoms with E-state index in [1.165, 1.54) is 6.08 Å².